The van der Waals surface area contributed by atoms with Gasteiger partial charge in [0.25, 0.3) is 0 Å². The highest BCUT2D eigenvalue weighted by Gasteiger charge is 2.33. The number of benzene rings is 3. The molecule has 0 aromatic heterocycles. The van der Waals surface area contributed by atoms with E-state index in [9.17, 15) is 0 Å². The maximum Gasteiger partial charge on any atom is 0.126 e. The zero-order valence-corrected chi connectivity index (χ0v) is 32.0. The van der Waals surface area contributed by atoms with E-state index in [1.165, 1.54) is 33.4 Å². The summed E-state index contributed by atoms with van der Waals surface area (Å²) in [6.45, 7) is 31.1. The van der Waals surface area contributed by atoms with E-state index in [2.05, 4.69) is 119 Å². The molecular weight excluding hydrogens is 612 g/mol. The molecule has 3 aromatic rings. The number of aryl methyl sites for hydroxylation is 3. The van der Waals surface area contributed by atoms with Crippen molar-refractivity contribution in [1.29, 1.82) is 0 Å². The summed E-state index contributed by atoms with van der Waals surface area (Å²) in [6.07, 6.45) is 0.574. The number of ether oxygens (including phenoxy) is 6. The van der Waals surface area contributed by atoms with Crippen LogP contribution in [0.25, 0.3) is 0 Å². The highest BCUT2D eigenvalue weighted by Crippen LogP contribution is 2.46. The van der Waals surface area contributed by atoms with Gasteiger partial charge in [0.05, 0.1) is 19.8 Å². The van der Waals surface area contributed by atoms with E-state index in [1.54, 1.807) is 0 Å². The molecule has 0 N–H and O–H groups in total. The molecule has 6 rings (SSSR count). The lowest BCUT2D eigenvalue weighted by Crippen LogP contribution is -2.20. The van der Waals surface area contributed by atoms with Crippen LogP contribution >= 0.6 is 0 Å². The third-order valence-corrected chi connectivity index (χ3v) is 9.76. The van der Waals surface area contributed by atoms with E-state index in [4.69, 9.17) is 28.4 Å². The second kappa shape index (κ2) is 13.2. The summed E-state index contributed by atoms with van der Waals surface area (Å²) in [5.41, 5.74) is 10.4. The summed E-state index contributed by atoms with van der Waals surface area (Å²) in [6, 6.07) is 14.2. The van der Waals surface area contributed by atoms with Crippen molar-refractivity contribution >= 4 is 0 Å². The van der Waals surface area contributed by atoms with Crippen LogP contribution in [-0.4, -0.2) is 58.0 Å². The summed E-state index contributed by atoms with van der Waals surface area (Å²) in [5, 5.41) is 0. The van der Waals surface area contributed by atoms with Gasteiger partial charge >= 0.3 is 0 Å². The Morgan fingerprint density at radius 3 is 0.939 bits per heavy atom. The zero-order valence-electron chi connectivity index (χ0n) is 32.0. The lowest BCUT2D eigenvalue weighted by atomic mass is 9.75. The molecule has 3 saturated heterocycles. The number of rotatable bonds is 12. The largest absolute Gasteiger partial charge is 0.490 e. The van der Waals surface area contributed by atoms with Crippen LogP contribution in [0.3, 0.4) is 0 Å². The lowest BCUT2D eigenvalue weighted by Gasteiger charge is -2.31. The summed E-state index contributed by atoms with van der Waals surface area (Å²) in [7, 11) is 0. The third kappa shape index (κ3) is 8.46. The minimum Gasteiger partial charge on any atom is -0.490 e. The van der Waals surface area contributed by atoms with Crippen LogP contribution in [0.1, 0.15) is 118 Å². The Labute approximate surface area is 294 Å². The molecular formula is C43H58O6. The summed E-state index contributed by atoms with van der Waals surface area (Å²) < 4.78 is 36.0. The average Bonchev–Trinajstić information content (AvgIpc) is 3.83. The first-order chi connectivity index (χ1) is 22.9. The van der Waals surface area contributed by atoms with E-state index < -0.39 is 0 Å². The minimum absolute atomic E-state index is 0.0400. The predicted octanol–water partition coefficient (Wildman–Crippen LogP) is 9.02. The van der Waals surface area contributed by atoms with Gasteiger partial charge in [-0.3, -0.25) is 0 Å². The molecule has 3 aromatic carbocycles. The maximum atomic E-state index is 6.49. The van der Waals surface area contributed by atoms with Gasteiger partial charge in [0, 0.05) is 22.6 Å². The van der Waals surface area contributed by atoms with Crippen LogP contribution in [0.5, 0.6) is 17.2 Å². The Bertz CT molecular complexity index is 1470. The van der Waals surface area contributed by atoms with Crippen LogP contribution in [-0.2, 0) is 30.5 Å². The fourth-order valence-corrected chi connectivity index (χ4v) is 6.75. The number of epoxide rings is 3. The molecule has 3 aliphatic heterocycles. The first kappa shape index (κ1) is 35.8. The van der Waals surface area contributed by atoms with Crippen LogP contribution in [0, 0.1) is 20.8 Å². The second-order valence-corrected chi connectivity index (χ2v) is 17.6. The molecule has 3 unspecified atom stereocenters. The van der Waals surface area contributed by atoms with Crippen molar-refractivity contribution in [2.75, 3.05) is 39.6 Å². The first-order valence-electron chi connectivity index (χ1n) is 18.1. The lowest BCUT2D eigenvalue weighted by molar-refractivity contribution is 0.256. The van der Waals surface area contributed by atoms with Gasteiger partial charge in [-0.2, -0.15) is 0 Å². The molecule has 3 aliphatic rings. The quantitative estimate of drug-likeness (QED) is 0.142. The fraction of sp³-hybridized carbons (Fsp3) is 0.581. The van der Waals surface area contributed by atoms with Gasteiger partial charge in [-0.25, -0.2) is 0 Å². The van der Waals surface area contributed by atoms with Crippen LogP contribution in [0.15, 0.2) is 36.4 Å². The summed E-state index contributed by atoms with van der Waals surface area (Å²) in [4.78, 5) is 0. The summed E-state index contributed by atoms with van der Waals surface area (Å²) in [5.74, 6) is 2.88. The van der Waals surface area contributed by atoms with Gasteiger partial charge in [-0.15, -0.1) is 0 Å². The van der Waals surface area contributed by atoms with Gasteiger partial charge < -0.3 is 28.4 Å². The smallest absolute Gasteiger partial charge is 0.126 e. The van der Waals surface area contributed by atoms with Crippen molar-refractivity contribution < 1.29 is 28.4 Å². The molecule has 6 heteroatoms. The molecule has 6 nitrogen and oxygen atoms in total. The first-order valence-corrected chi connectivity index (χ1v) is 18.1. The molecule has 266 valence electrons. The third-order valence-electron chi connectivity index (χ3n) is 9.76. The Kier molecular flexibility index (Phi) is 9.66. The number of hydrogen-bond donors (Lipinski definition) is 0. The molecule has 0 spiro atoms. The van der Waals surface area contributed by atoms with Gasteiger partial charge in [-0.05, 0) is 70.4 Å². The van der Waals surface area contributed by atoms with Gasteiger partial charge in [0.15, 0.2) is 0 Å². The topological polar surface area (TPSA) is 65.3 Å². The van der Waals surface area contributed by atoms with E-state index in [-0.39, 0.29) is 40.5 Å². The van der Waals surface area contributed by atoms with Crippen LogP contribution in [0.2, 0.25) is 0 Å². The summed E-state index contributed by atoms with van der Waals surface area (Å²) >= 11 is 0. The van der Waals surface area contributed by atoms with Gasteiger partial charge in [-0.1, -0.05) is 98.7 Å². The molecule has 0 bridgehead atoms. The highest BCUT2D eigenvalue weighted by atomic mass is 16.6. The van der Waals surface area contributed by atoms with Crippen molar-refractivity contribution in [2.24, 2.45) is 0 Å². The van der Waals surface area contributed by atoms with Crippen molar-refractivity contribution in [3.8, 4) is 17.2 Å². The van der Waals surface area contributed by atoms with Gasteiger partial charge in [0.1, 0.15) is 55.4 Å². The molecule has 3 atom stereocenters. The normalized spacial score (nSPS) is 20.9. The van der Waals surface area contributed by atoms with Crippen LogP contribution < -0.4 is 14.2 Å². The molecule has 0 aliphatic carbocycles. The molecule has 3 fully saturated rings. The molecule has 0 saturated carbocycles. The van der Waals surface area contributed by atoms with E-state index >= 15 is 0 Å². The molecule has 0 radical (unpaired) electrons. The van der Waals surface area contributed by atoms with Crippen molar-refractivity contribution in [1.82, 2.24) is 0 Å². The second-order valence-electron chi connectivity index (χ2n) is 17.6. The molecule has 0 amide bonds. The molecule has 49 heavy (non-hydrogen) atoms. The Morgan fingerprint density at radius 2 is 0.735 bits per heavy atom. The highest BCUT2D eigenvalue weighted by molar-refractivity contribution is 5.58. The Hall–Kier alpha value is -3.06. The Morgan fingerprint density at radius 1 is 0.490 bits per heavy atom. The monoisotopic (exact) mass is 670 g/mol. The fourth-order valence-electron chi connectivity index (χ4n) is 6.75. The Balaban J connectivity index is 1.56. The van der Waals surface area contributed by atoms with E-state index in [0.29, 0.717) is 19.8 Å². The predicted molar refractivity (Wildman–Crippen MR) is 196 cm³/mol. The average molecular weight is 671 g/mol. The molecule has 3 heterocycles. The van der Waals surface area contributed by atoms with E-state index in [0.717, 1.165) is 53.8 Å². The standard InChI is InChI=1S/C43H58O6/c1-25-13-28(16-34(41(4,5)6)38(25)47-22-31-19-44-31)37(29-14-26(2)39(48-23-32-20-45-32)35(17-29)42(7,8)9)30-15-27(3)40(49-24-33-21-46-33)36(18-30)43(10,11)12/h13-18,31-33,37H,19-24H2,1-12H3. The zero-order chi connectivity index (χ0) is 35.5. The van der Waals surface area contributed by atoms with Crippen molar-refractivity contribution in [2.45, 2.75) is 124 Å². The van der Waals surface area contributed by atoms with Crippen LogP contribution in [0.4, 0.5) is 0 Å². The maximum absolute atomic E-state index is 6.49. The van der Waals surface area contributed by atoms with Gasteiger partial charge in [0.2, 0.25) is 0 Å². The van der Waals surface area contributed by atoms with Crippen molar-refractivity contribution in [3.63, 3.8) is 0 Å². The van der Waals surface area contributed by atoms with E-state index in [1.807, 2.05) is 0 Å². The SMILES string of the molecule is Cc1cc(C(c2cc(C)c(OCC3CO3)c(C(C)(C)C)c2)c2cc(C)c(OCC3CO3)c(C(C)(C)C)c2)cc(C(C)(C)C)c1OCC1CO1. The van der Waals surface area contributed by atoms with Crippen molar-refractivity contribution in [3.05, 3.63) is 86.5 Å². The number of hydrogen-bond acceptors (Lipinski definition) is 6. The minimum atomic E-state index is -0.130.